The zero-order valence-electron chi connectivity index (χ0n) is 14.8. The minimum absolute atomic E-state index is 0.131. The second-order valence-corrected chi connectivity index (χ2v) is 7.24. The largest absolute Gasteiger partial charge is 0.497 e. The second kappa shape index (κ2) is 9.25. The van der Waals surface area contributed by atoms with E-state index in [1.807, 2.05) is 60.7 Å². The minimum Gasteiger partial charge on any atom is -0.497 e. The van der Waals surface area contributed by atoms with Crippen molar-refractivity contribution < 1.29 is 9.53 Å². The lowest BCUT2D eigenvalue weighted by atomic mass is 10.0. The van der Waals surface area contributed by atoms with Crippen LogP contribution in [-0.4, -0.2) is 12.9 Å². The third kappa shape index (κ3) is 4.99. The molecule has 2 nitrogen and oxygen atoms in total. The summed E-state index contributed by atoms with van der Waals surface area (Å²) in [5.41, 5.74) is 3.19. The molecule has 0 spiro atoms. The van der Waals surface area contributed by atoms with Crippen LogP contribution < -0.4 is 4.74 Å². The van der Waals surface area contributed by atoms with Gasteiger partial charge in [-0.3, -0.25) is 4.79 Å². The van der Waals surface area contributed by atoms with E-state index < -0.39 is 0 Å². The van der Waals surface area contributed by atoms with Crippen LogP contribution in [0.15, 0.2) is 84.9 Å². The molecule has 0 aliphatic rings. The minimum atomic E-state index is 0.131. The van der Waals surface area contributed by atoms with Crippen molar-refractivity contribution in [3.8, 4) is 5.75 Å². The molecule has 1 atom stereocenters. The summed E-state index contributed by atoms with van der Waals surface area (Å²) < 4.78 is 5.21. The number of methoxy groups -OCH3 is 1. The van der Waals surface area contributed by atoms with E-state index in [1.54, 1.807) is 18.9 Å². The quantitative estimate of drug-likeness (QED) is 0.464. The Morgan fingerprint density at radius 2 is 1.50 bits per heavy atom. The topological polar surface area (TPSA) is 26.3 Å². The van der Waals surface area contributed by atoms with Crippen LogP contribution in [0.4, 0.5) is 0 Å². The highest BCUT2D eigenvalue weighted by Gasteiger charge is 2.17. The average Bonchev–Trinajstić information content (AvgIpc) is 2.72. The summed E-state index contributed by atoms with van der Waals surface area (Å²) in [5, 5.41) is 0.131. The van der Waals surface area contributed by atoms with Crippen LogP contribution in [-0.2, 0) is 5.75 Å². The highest BCUT2D eigenvalue weighted by atomic mass is 32.2. The van der Waals surface area contributed by atoms with Crippen molar-refractivity contribution >= 4 is 17.5 Å². The fourth-order valence-corrected chi connectivity index (χ4v) is 3.97. The Kier molecular flexibility index (Phi) is 6.50. The Bertz CT molecular complexity index is 814. The molecule has 3 heteroatoms. The number of ether oxygens (including phenoxy) is 1. The number of carbonyl (C=O) groups is 1. The molecule has 0 amide bonds. The molecule has 0 saturated carbocycles. The molecule has 1 unspecified atom stereocenters. The van der Waals surface area contributed by atoms with Crippen molar-refractivity contribution in [2.75, 3.05) is 7.11 Å². The summed E-state index contributed by atoms with van der Waals surface area (Å²) in [4.78, 5) is 12.7. The summed E-state index contributed by atoms with van der Waals surface area (Å²) in [6.07, 6.45) is 0.495. The van der Waals surface area contributed by atoms with Gasteiger partial charge in [-0.15, -0.1) is 11.8 Å². The van der Waals surface area contributed by atoms with Crippen LogP contribution >= 0.6 is 11.8 Å². The van der Waals surface area contributed by atoms with Crippen LogP contribution in [0.1, 0.15) is 33.2 Å². The van der Waals surface area contributed by atoms with Crippen LogP contribution in [0.2, 0.25) is 0 Å². The number of Topliss-reactive ketones (excluding diaryl/α,β-unsaturated/α-hetero) is 1. The first-order valence-corrected chi connectivity index (χ1v) is 9.69. The molecule has 0 N–H and O–H groups in total. The van der Waals surface area contributed by atoms with E-state index in [0.717, 1.165) is 17.1 Å². The molecule has 0 radical (unpaired) electrons. The molecule has 132 valence electrons. The highest BCUT2D eigenvalue weighted by Crippen LogP contribution is 2.35. The summed E-state index contributed by atoms with van der Waals surface area (Å²) in [6, 6.07) is 27.9. The molecule has 0 fully saturated rings. The summed E-state index contributed by atoms with van der Waals surface area (Å²) >= 11 is 1.80. The Balaban J connectivity index is 1.72. The standard InChI is InChI=1S/C23H22O2S/c1-25-21-14-12-18(13-15-21)17-26-23(20-10-6-3-7-11-20)16-22(24)19-8-4-2-5-9-19/h2-15,23H,16-17H2,1H3. The summed E-state index contributed by atoms with van der Waals surface area (Å²) in [7, 11) is 1.67. The Hall–Kier alpha value is -2.52. The van der Waals surface area contributed by atoms with Gasteiger partial charge in [0, 0.05) is 23.0 Å². The van der Waals surface area contributed by atoms with Crippen molar-refractivity contribution in [3.63, 3.8) is 0 Å². The first-order valence-electron chi connectivity index (χ1n) is 8.64. The highest BCUT2D eigenvalue weighted by molar-refractivity contribution is 7.98. The fourth-order valence-electron chi connectivity index (χ4n) is 2.77. The summed E-state index contributed by atoms with van der Waals surface area (Å²) in [6.45, 7) is 0. The lowest BCUT2D eigenvalue weighted by Gasteiger charge is -2.17. The van der Waals surface area contributed by atoms with Gasteiger partial charge in [-0.05, 0) is 23.3 Å². The normalized spacial score (nSPS) is 11.7. The molecule has 0 saturated heterocycles. The number of thioether (sulfide) groups is 1. The van der Waals surface area contributed by atoms with Crippen molar-refractivity contribution in [2.45, 2.75) is 17.4 Å². The molecular weight excluding hydrogens is 340 g/mol. The zero-order chi connectivity index (χ0) is 18.2. The predicted octanol–water partition coefficient (Wildman–Crippen LogP) is 5.94. The van der Waals surface area contributed by atoms with Gasteiger partial charge in [-0.1, -0.05) is 72.8 Å². The third-order valence-corrected chi connectivity index (χ3v) is 5.59. The van der Waals surface area contributed by atoms with E-state index in [9.17, 15) is 4.79 Å². The van der Waals surface area contributed by atoms with Crippen molar-refractivity contribution in [3.05, 3.63) is 102 Å². The van der Waals surface area contributed by atoms with E-state index in [-0.39, 0.29) is 11.0 Å². The SMILES string of the molecule is COc1ccc(CSC(CC(=O)c2ccccc2)c2ccccc2)cc1. The first kappa shape index (κ1) is 18.3. The van der Waals surface area contributed by atoms with E-state index in [2.05, 4.69) is 24.3 Å². The number of benzene rings is 3. The predicted molar refractivity (Wildman–Crippen MR) is 109 cm³/mol. The van der Waals surface area contributed by atoms with Gasteiger partial charge in [-0.2, -0.15) is 0 Å². The molecular formula is C23H22O2S. The van der Waals surface area contributed by atoms with Crippen molar-refractivity contribution in [2.24, 2.45) is 0 Å². The zero-order valence-corrected chi connectivity index (χ0v) is 15.6. The van der Waals surface area contributed by atoms with Gasteiger partial charge in [-0.25, -0.2) is 0 Å². The number of carbonyl (C=O) groups excluding carboxylic acids is 1. The number of ketones is 1. The monoisotopic (exact) mass is 362 g/mol. The van der Waals surface area contributed by atoms with E-state index in [4.69, 9.17) is 4.74 Å². The van der Waals surface area contributed by atoms with Gasteiger partial charge < -0.3 is 4.74 Å². The van der Waals surface area contributed by atoms with Gasteiger partial charge in [0.2, 0.25) is 0 Å². The molecule has 3 aromatic rings. The fraction of sp³-hybridized carbons (Fsp3) is 0.174. The van der Waals surface area contributed by atoms with Gasteiger partial charge in [0.05, 0.1) is 7.11 Å². The third-order valence-electron chi connectivity index (χ3n) is 4.25. The Morgan fingerprint density at radius 1 is 0.885 bits per heavy atom. The lowest BCUT2D eigenvalue weighted by Crippen LogP contribution is -2.05. The smallest absolute Gasteiger partial charge is 0.164 e. The Labute approximate surface area is 159 Å². The molecule has 0 aliphatic carbocycles. The maximum atomic E-state index is 12.7. The average molecular weight is 362 g/mol. The van der Waals surface area contributed by atoms with Crippen LogP contribution in [0.3, 0.4) is 0 Å². The summed E-state index contributed by atoms with van der Waals surface area (Å²) in [5.74, 6) is 1.89. The maximum absolute atomic E-state index is 12.7. The molecule has 0 aromatic heterocycles. The van der Waals surface area contributed by atoms with Crippen LogP contribution in [0.25, 0.3) is 0 Å². The maximum Gasteiger partial charge on any atom is 0.164 e. The van der Waals surface area contributed by atoms with E-state index in [0.29, 0.717) is 6.42 Å². The van der Waals surface area contributed by atoms with Gasteiger partial charge >= 0.3 is 0 Å². The molecule has 0 aliphatic heterocycles. The number of hydrogen-bond acceptors (Lipinski definition) is 3. The van der Waals surface area contributed by atoms with Crippen LogP contribution in [0, 0.1) is 0 Å². The van der Waals surface area contributed by atoms with Gasteiger partial charge in [0.25, 0.3) is 0 Å². The molecule has 0 bridgehead atoms. The number of rotatable bonds is 8. The Morgan fingerprint density at radius 3 is 2.12 bits per heavy atom. The molecule has 26 heavy (non-hydrogen) atoms. The van der Waals surface area contributed by atoms with E-state index >= 15 is 0 Å². The molecule has 3 aromatic carbocycles. The van der Waals surface area contributed by atoms with Gasteiger partial charge in [0.1, 0.15) is 5.75 Å². The lowest BCUT2D eigenvalue weighted by molar-refractivity contribution is 0.0982. The van der Waals surface area contributed by atoms with Crippen molar-refractivity contribution in [1.82, 2.24) is 0 Å². The van der Waals surface area contributed by atoms with Gasteiger partial charge in [0.15, 0.2) is 5.78 Å². The second-order valence-electron chi connectivity index (χ2n) is 6.05. The van der Waals surface area contributed by atoms with E-state index in [1.165, 1.54) is 11.1 Å². The van der Waals surface area contributed by atoms with Crippen LogP contribution in [0.5, 0.6) is 5.75 Å². The molecule has 3 rings (SSSR count). The first-order chi connectivity index (χ1) is 12.8. The van der Waals surface area contributed by atoms with Crippen molar-refractivity contribution in [1.29, 1.82) is 0 Å². The number of hydrogen-bond donors (Lipinski definition) is 0. The molecule has 0 heterocycles.